The van der Waals surface area contributed by atoms with Crippen LogP contribution in [-0.2, 0) is 6.42 Å². The summed E-state index contributed by atoms with van der Waals surface area (Å²) in [5.41, 5.74) is 3.17. The highest BCUT2D eigenvalue weighted by Gasteiger charge is 2.21. The monoisotopic (exact) mass is 339 g/mol. The number of rotatable bonds is 4. The normalized spacial score (nSPS) is 15.7. The Balaban J connectivity index is 1.53. The van der Waals surface area contributed by atoms with Crippen molar-refractivity contribution >= 4 is 11.3 Å². The van der Waals surface area contributed by atoms with Crippen molar-refractivity contribution in [2.75, 3.05) is 0 Å². The first-order valence-electron chi connectivity index (χ1n) is 8.72. The van der Waals surface area contributed by atoms with Gasteiger partial charge in [-0.05, 0) is 19.3 Å². The van der Waals surface area contributed by atoms with Gasteiger partial charge in [-0.2, -0.15) is 4.98 Å². The molecule has 0 atom stereocenters. The van der Waals surface area contributed by atoms with Crippen LogP contribution in [0.1, 0.15) is 55.8 Å². The molecule has 0 N–H and O–H groups in total. The first-order valence-corrected chi connectivity index (χ1v) is 9.60. The van der Waals surface area contributed by atoms with Crippen LogP contribution < -0.4 is 0 Å². The standard InChI is InChI=1S/C19H21N3OS/c1-2-17-20-16(12-24-17)13-8-10-14(11-9-13)18-21-19(23-22-18)15-6-4-3-5-7-15/h8-12,15H,2-7H2,1H3. The van der Waals surface area contributed by atoms with E-state index in [2.05, 4.69) is 51.7 Å². The van der Waals surface area contributed by atoms with Gasteiger partial charge in [0.25, 0.3) is 0 Å². The maximum atomic E-state index is 5.52. The van der Waals surface area contributed by atoms with Crippen molar-refractivity contribution in [2.45, 2.75) is 51.4 Å². The summed E-state index contributed by atoms with van der Waals surface area (Å²) in [6, 6.07) is 8.27. The van der Waals surface area contributed by atoms with Crippen molar-refractivity contribution in [1.82, 2.24) is 15.1 Å². The molecule has 0 bridgehead atoms. The molecule has 1 aliphatic rings. The molecule has 0 spiro atoms. The summed E-state index contributed by atoms with van der Waals surface area (Å²) in [5.74, 6) is 1.94. The van der Waals surface area contributed by atoms with Gasteiger partial charge >= 0.3 is 0 Å². The summed E-state index contributed by atoms with van der Waals surface area (Å²) >= 11 is 1.71. The number of hydrogen-bond acceptors (Lipinski definition) is 5. The summed E-state index contributed by atoms with van der Waals surface area (Å²) in [4.78, 5) is 9.27. The van der Waals surface area contributed by atoms with Crippen LogP contribution in [0.3, 0.4) is 0 Å². The van der Waals surface area contributed by atoms with E-state index < -0.39 is 0 Å². The van der Waals surface area contributed by atoms with Crippen LogP contribution in [0.25, 0.3) is 22.6 Å². The zero-order chi connectivity index (χ0) is 16.4. The third-order valence-corrected chi connectivity index (χ3v) is 5.68. The summed E-state index contributed by atoms with van der Waals surface area (Å²) in [6.45, 7) is 2.13. The molecule has 0 radical (unpaired) electrons. The average Bonchev–Trinajstić information content (AvgIpc) is 3.32. The molecule has 4 rings (SSSR count). The van der Waals surface area contributed by atoms with E-state index in [0.29, 0.717) is 11.7 Å². The molecule has 0 unspecified atom stereocenters. The third-order valence-electron chi connectivity index (χ3n) is 4.69. The van der Waals surface area contributed by atoms with Crippen LogP contribution in [0.2, 0.25) is 0 Å². The molecule has 2 heterocycles. The molecular formula is C19H21N3OS. The maximum Gasteiger partial charge on any atom is 0.230 e. The maximum absolute atomic E-state index is 5.52. The fourth-order valence-electron chi connectivity index (χ4n) is 3.26. The van der Waals surface area contributed by atoms with Gasteiger partial charge in [-0.1, -0.05) is 55.6 Å². The Kier molecular flexibility index (Phi) is 4.43. The molecule has 5 heteroatoms. The molecule has 1 aromatic carbocycles. The van der Waals surface area contributed by atoms with E-state index in [1.165, 1.54) is 37.1 Å². The van der Waals surface area contributed by atoms with E-state index in [0.717, 1.165) is 29.1 Å². The second kappa shape index (κ2) is 6.85. The molecular weight excluding hydrogens is 318 g/mol. The van der Waals surface area contributed by atoms with Crippen LogP contribution in [0.15, 0.2) is 34.2 Å². The zero-order valence-corrected chi connectivity index (χ0v) is 14.7. The molecule has 24 heavy (non-hydrogen) atoms. The minimum atomic E-state index is 0.446. The second-order valence-electron chi connectivity index (χ2n) is 6.35. The number of aromatic nitrogens is 3. The van der Waals surface area contributed by atoms with E-state index >= 15 is 0 Å². The fourth-order valence-corrected chi connectivity index (χ4v) is 4.02. The van der Waals surface area contributed by atoms with Crippen LogP contribution in [-0.4, -0.2) is 15.1 Å². The van der Waals surface area contributed by atoms with Crippen molar-refractivity contribution in [3.63, 3.8) is 0 Å². The van der Waals surface area contributed by atoms with Gasteiger partial charge in [-0.25, -0.2) is 4.98 Å². The van der Waals surface area contributed by atoms with E-state index in [9.17, 15) is 0 Å². The quantitative estimate of drug-likeness (QED) is 0.632. The SMILES string of the molecule is CCc1nc(-c2ccc(-c3noc(C4CCCCC4)n3)cc2)cs1. The van der Waals surface area contributed by atoms with Gasteiger partial charge in [0, 0.05) is 22.4 Å². The summed E-state index contributed by atoms with van der Waals surface area (Å²) in [7, 11) is 0. The number of hydrogen-bond donors (Lipinski definition) is 0. The van der Waals surface area contributed by atoms with Crippen molar-refractivity contribution in [3.8, 4) is 22.6 Å². The van der Waals surface area contributed by atoms with E-state index in [4.69, 9.17) is 4.52 Å². The Morgan fingerprint density at radius 3 is 2.50 bits per heavy atom. The van der Waals surface area contributed by atoms with Crippen LogP contribution >= 0.6 is 11.3 Å². The van der Waals surface area contributed by atoms with Crippen molar-refractivity contribution in [3.05, 3.63) is 40.5 Å². The van der Waals surface area contributed by atoms with E-state index in [1.54, 1.807) is 11.3 Å². The highest BCUT2D eigenvalue weighted by Crippen LogP contribution is 2.33. The smallest absolute Gasteiger partial charge is 0.230 e. The highest BCUT2D eigenvalue weighted by atomic mass is 32.1. The lowest BCUT2D eigenvalue weighted by Gasteiger charge is -2.17. The molecule has 3 aromatic rings. The lowest BCUT2D eigenvalue weighted by atomic mass is 9.89. The molecule has 1 fully saturated rings. The molecule has 2 aromatic heterocycles. The Morgan fingerprint density at radius 2 is 1.79 bits per heavy atom. The van der Waals surface area contributed by atoms with Crippen molar-refractivity contribution < 1.29 is 4.52 Å². The lowest BCUT2D eigenvalue weighted by molar-refractivity contribution is 0.314. The first-order chi connectivity index (χ1) is 11.8. The third kappa shape index (κ3) is 3.13. The highest BCUT2D eigenvalue weighted by molar-refractivity contribution is 7.09. The number of thiazole rings is 1. The van der Waals surface area contributed by atoms with Crippen molar-refractivity contribution in [1.29, 1.82) is 0 Å². The molecule has 0 amide bonds. The van der Waals surface area contributed by atoms with Crippen LogP contribution in [0, 0.1) is 0 Å². The second-order valence-corrected chi connectivity index (χ2v) is 7.29. The van der Waals surface area contributed by atoms with Gasteiger partial charge in [0.2, 0.25) is 11.7 Å². The summed E-state index contributed by atoms with van der Waals surface area (Å²) < 4.78 is 5.52. The minimum Gasteiger partial charge on any atom is -0.339 e. The summed E-state index contributed by atoms with van der Waals surface area (Å²) in [6.07, 6.45) is 7.19. The number of benzene rings is 1. The Morgan fingerprint density at radius 1 is 1.04 bits per heavy atom. The summed E-state index contributed by atoms with van der Waals surface area (Å²) in [5, 5.41) is 7.47. The number of nitrogens with zero attached hydrogens (tertiary/aromatic N) is 3. The molecule has 1 aliphatic carbocycles. The molecule has 0 saturated heterocycles. The van der Waals surface area contributed by atoms with E-state index in [1.807, 2.05) is 0 Å². The topological polar surface area (TPSA) is 51.8 Å². The number of aryl methyl sites for hydroxylation is 1. The fraction of sp³-hybridized carbons (Fsp3) is 0.421. The predicted octanol–water partition coefficient (Wildman–Crippen LogP) is 5.47. The van der Waals surface area contributed by atoms with Crippen LogP contribution in [0.4, 0.5) is 0 Å². The molecule has 4 nitrogen and oxygen atoms in total. The largest absolute Gasteiger partial charge is 0.339 e. The molecule has 1 saturated carbocycles. The van der Waals surface area contributed by atoms with Gasteiger partial charge in [0.1, 0.15) is 0 Å². The lowest BCUT2D eigenvalue weighted by Crippen LogP contribution is -2.04. The van der Waals surface area contributed by atoms with Gasteiger partial charge in [0.05, 0.1) is 10.7 Å². The average molecular weight is 339 g/mol. The van der Waals surface area contributed by atoms with Crippen molar-refractivity contribution in [2.24, 2.45) is 0 Å². The van der Waals surface area contributed by atoms with Gasteiger partial charge < -0.3 is 4.52 Å². The predicted molar refractivity (Wildman–Crippen MR) is 96.0 cm³/mol. The van der Waals surface area contributed by atoms with E-state index in [-0.39, 0.29) is 0 Å². The van der Waals surface area contributed by atoms with Crippen LogP contribution in [0.5, 0.6) is 0 Å². The van der Waals surface area contributed by atoms with Gasteiger partial charge in [-0.3, -0.25) is 0 Å². The molecule has 0 aliphatic heterocycles. The minimum absolute atomic E-state index is 0.446. The van der Waals surface area contributed by atoms with Gasteiger partial charge in [-0.15, -0.1) is 11.3 Å². The Hall–Kier alpha value is -2.01. The van der Waals surface area contributed by atoms with Gasteiger partial charge in [0.15, 0.2) is 0 Å². The molecule has 124 valence electrons. The zero-order valence-electron chi connectivity index (χ0n) is 13.9. The first kappa shape index (κ1) is 15.5. The Labute approximate surface area is 146 Å². The Bertz CT molecular complexity index is 800.